The second-order valence-corrected chi connectivity index (χ2v) is 3.79. The Labute approximate surface area is 87.9 Å². The van der Waals surface area contributed by atoms with Crippen LogP contribution in [0.5, 0.6) is 0 Å². The van der Waals surface area contributed by atoms with Crippen molar-refractivity contribution in [2.24, 2.45) is 0 Å². The third-order valence-corrected chi connectivity index (χ3v) is 2.00. The van der Waals surface area contributed by atoms with E-state index < -0.39 is 0 Å². The molecule has 0 bridgehead atoms. The van der Waals surface area contributed by atoms with Crippen molar-refractivity contribution in [1.82, 2.24) is 5.32 Å². The molecule has 0 amide bonds. The largest absolute Gasteiger partial charge is 0.357 e. The van der Waals surface area contributed by atoms with Gasteiger partial charge in [0.15, 0.2) is 0 Å². The van der Waals surface area contributed by atoms with Crippen LogP contribution in [0.2, 0.25) is 0 Å². The lowest BCUT2D eigenvalue weighted by Crippen LogP contribution is -1.97. The predicted molar refractivity (Wildman–Crippen MR) is 61.8 cm³/mol. The zero-order valence-electron chi connectivity index (χ0n) is 5.49. The summed E-state index contributed by atoms with van der Waals surface area (Å²) in [5, 5.41) is 10.0. The highest BCUT2D eigenvalue weighted by Crippen LogP contribution is 1.99. The number of halogens is 2. The SMILES string of the molecule is C/C=C(/I)NC=CC(=N)I. The van der Waals surface area contributed by atoms with Gasteiger partial charge in [-0.05, 0) is 58.2 Å². The van der Waals surface area contributed by atoms with Gasteiger partial charge in [0.25, 0.3) is 0 Å². The Morgan fingerprint density at radius 2 is 2.10 bits per heavy atom. The summed E-state index contributed by atoms with van der Waals surface area (Å²) in [5.74, 6) is 0. The zero-order valence-corrected chi connectivity index (χ0v) is 9.80. The first kappa shape index (κ1) is 10.4. The summed E-state index contributed by atoms with van der Waals surface area (Å²) in [6, 6.07) is 0. The summed E-state index contributed by atoms with van der Waals surface area (Å²) in [6.45, 7) is 1.96. The van der Waals surface area contributed by atoms with Crippen molar-refractivity contribution in [3.05, 3.63) is 22.1 Å². The Hall–Kier alpha value is 0.410. The normalized spacial score (nSPS) is 12.1. The van der Waals surface area contributed by atoms with Crippen LogP contribution in [0.25, 0.3) is 0 Å². The maximum Gasteiger partial charge on any atom is 0.0934 e. The molecular formula is C6H8I2N2. The van der Waals surface area contributed by atoms with Gasteiger partial charge in [-0.3, -0.25) is 5.41 Å². The molecule has 0 aromatic rings. The smallest absolute Gasteiger partial charge is 0.0934 e. The van der Waals surface area contributed by atoms with Gasteiger partial charge in [-0.15, -0.1) is 0 Å². The van der Waals surface area contributed by atoms with Gasteiger partial charge in [-0.25, -0.2) is 0 Å². The molecule has 0 fully saturated rings. The molecule has 0 spiro atoms. The zero-order chi connectivity index (χ0) is 7.98. The van der Waals surface area contributed by atoms with E-state index in [4.69, 9.17) is 5.41 Å². The molecule has 0 unspecified atom stereocenters. The molecule has 0 rings (SSSR count). The second kappa shape index (κ2) is 6.14. The topological polar surface area (TPSA) is 35.9 Å². The monoisotopic (exact) mass is 362 g/mol. The van der Waals surface area contributed by atoms with Crippen LogP contribution in [0.4, 0.5) is 0 Å². The lowest BCUT2D eigenvalue weighted by atomic mass is 10.6. The van der Waals surface area contributed by atoms with E-state index in [0.29, 0.717) is 3.72 Å². The third-order valence-electron chi connectivity index (χ3n) is 0.704. The maximum absolute atomic E-state index is 7.03. The van der Waals surface area contributed by atoms with E-state index in [2.05, 4.69) is 27.9 Å². The Balaban J connectivity index is 3.64. The molecule has 0 aliphatic heterocycles. The molecule has 2 N–H and O–H groups in total. The third kappa shape index (κ3) is 6.53. The van der Waals surface area contributed by atoms with Gasteiger partial charge in [-0.1, -0.05) is 6.08 Å². The predicted octanol–water partition coefficient (Wildman–Crippen LogP) is 2.80. The minimum absolute atomic E-state index is 0.519. The van der Waals surface area contributed by atoms with Crippen LogP contribution >= 0.6 is 45.2 Å². The molecule has 0 aromatic carbocycles. The van der Waals surface area contributed by atoms with E-state index in [1.54, 1.807) is 12.3 Å². The van der Waals surface area contributed by atoms with E-state index in [9.17, 15) is 0 Å². The lowest BCUT2D eigenvalue weighted by Gasteiger charge is -1.93. The molecular weight excluding hydrogens is 354 g/mol. The Bertz CT molecular complexity index is 173. The summed E-state index contributed by atoms with van der Waals surface area (Å²) in [5.41, 5.74) is 0. The van der Waals surface area contributed by atoms with Crippen molar-refractivity contribution in [1.29, 1.82) is 5.41 Å². The van der Waals surface area contributed by atoms with Crippen LogP contribution < -0.4 is 5.32 Å². The molecule has 0 saturated carbocycles. The van der Waals surface area contributed by atoms with E-state index >= 15 is 0 Å². The van der Waals surface area contributed by atoms with Crippen LogP contribution in [0.1, 0.15) is 6.92 Å². The van der Waals surface area contributed by atoms with Crippen molar-refractivity contribution in [3.63, 3.8) is 0 Å². The average Bonchev–Trinajstić information content (AvgIpc) is 1.87. The summed E-state index contributed by atoms with van der Waals surface area (Å²) >= 11 is 4.11. The molecule has 56 valence electrons. The summed E-state index contributed by atoms with van der Waals surface area (Å²) < 4.78 is 1.58. The Morgan fingerprint density at radius 3 is 2.50 bits per heavy atom. The fraction of sp³-hybridized carbons (Fsp3) is 0.167. The second-order valence-electron chi connectivity index (χ2n) is 1.46. The minimum Gasteiger partial charge on any atom is -0.357 e. The van der Waals surface area contributed by atoms with Gasteiger partial charge in [0.2, 0.25) is 0 Å². The van der Waals surface area contributed by atoms with E-state index in [1.165, 1.54) is 0 Å². The molecule has 0 aliphatic rings. The van der Waals surface area contributed by atoms with Gasteiger partial charge in [0.05, 0.1) is 7.42 Å². The van der Waals surface area contributed by atoms with Gasteiger partial charge in [0.1, 0.15) is 0 Å². The summed E-state index contributed by atoms with van der Waals surface area (Å²) in [4.78, 5) is 0. The molecule has 2 nitrogen and oxygen atoms in total. The Morgan fingerprint density at radius 1 is 1.50 bits per heavy atom. The first-order valence-electron chi connectivity index (χ1n) is 2.65. The minimum atomic E-state index is 0.519. The fourth-order valence-corrected chi connectivity index (χ4v) is 0.637. The number of allylic oxidation sites excluding steroid dienone is 2. The highest BCUT2D eigenvalue weighted by Gasteiger charge is 1.81. The van der Waals surface area contributed by atoms with Crippen LogP contribution in [0.3, 0.4) is 0 Å². The molecule has 0 radical (unpaired) electrons. The maximum atomic E-state index is 7.03. The molecule has 0 heterocycles. The van der Waals surface area contributed by atoms with Crippen LogP contribution in [0, 0.1) is 5.41 Å². The molecule has 0 saturated heterocycles. The molecule has 10 heavy (non-hydrogen) atoms. The lowest BCUT2D eigenvalue weighted by molar-refractivity contribution is 1.18. The van der Waals surface area contributed by atoms with Crippen LogP contribution in [-0.2, 0) is 0 Å². The highest BCUT2D eigenvalue weighted by atomic mass is 127. The number of rotatable bonds is 3. The van der Waals surface area contributed by atoms with Gasteiger partial charge in [0, 0.05) is 6.20 Å². The number of hydrogen-bond acceptors (Lipinski definition) is 2. The van der Waals surface area contributed by atoms with Gasteiger partial charge >= 0.3 is 0 Å². The van der Waals surface area contributed by atoms with E-state index in [-0.39, 0.29) is 0 Å². The quantitative estimate of drug-likeness (QED) is 0.452. The van der Waals surface area contributed by atoms with Crippen molar-refractivity contribution in [2.75, 3.05) is 0 Å². The van der Waals surface area contributed by atoms with Crippen LogP contribution in [0.15, 0.2) is 22.1 Å². The molecule has 4 heteroatoms. The molecule has 0 atom stereocenters. The van der Waals surface area contributed by atoms with Crippen molar-refractivity contribution < 1.29 is 0 Å². The van der Waals surface area contributed by atoms with Crippen molar-refractivity contribution in [2.45, 2.75) is 6.92 Å². The first-order valence-corrected chi connectivity index (χ1v) is 4.81. The number of hydrogen-bond donors (Lipinski definition) is 2. The van der Waals surface area contributed by atoms with E-state index in [1.807, 2.05) is 35.6 Å². The van der Waals surface area contributed by atoms with Gasteiger partial charge < -0.3 is 5.32 Å². The standard InChI is InChI=1S/C6H8I2N2/c1-2-6(8)10-4-3-5(7)9/h2-4,9-10H,1H3/b4-3?,6-2-,9-5?. The van der Waals surface area contributed by atoms with Crippen LogP contribution in [-0.4, -0.2) is 3.72 Å². The summed E-state index contributed by atoms with van der Waals surface area (Å²) in [6.07, 6.45) is 5.40. The first-order chi connectivity index (χ1) is 4.66. The van der Waals surface area contributed by atoms with Crippen molar-refractivity contribution in [3.8, 4) is 0 Å². The fourth-order valence-electron chi connectivity index (χ4n) is 0.278. The Kier molecular flexibility index (Phi) is 6.39. The summed E-state index contributed by atoms with van der Waals surface area (Å²) in [7, 11) is 0. The van der Waals surface area contributed by atoms with E-state index in [0.717, 1.165) is 3.70 Å². The highest BCUT2D eigenvalue weighted by molar-refractivity contribution is 14.1. The van der Waals surface area contributed by atoms with Crippen molar-refractivity contribution >= 4 is 48.9 Å². The van der Waals surface area contributed by atoms with Gasteiger partial charge in [-0.2, -0.15) is 0 Å². The molecule has 0 aliphatic carbocycles. The average molecular weight is 362 g/mol. The molecule has 0 aromatic heterocycles. The number of nitrogens with one attached hydrogen (secondary N) is 2.